The largest absolute Gasteiger partial charge is 0.466 e. The van der Waals surface area contributed by atoms with Crippen LogP contribution in [0.4, 0.5) is 0 Å². The molecular weight excluding hydrogens is 220 g/mol. The van der Waals surface area contributed by atoms with E-state index in [9.17, 15) is 9.59 Å². The van der Waals surface area contributed by atoms with E-state index in [1.54, 1.807) is 6.92 Å². The Hall–Kier alpha value is -1.10. The molecule has 0 rings (SSSR count). The maximum atomic E-state index is 11.3. The third-order valence-electron chi connectivity index (χ3n) is 2.14. The lowest BCUT2D eigenvalue weighted by Crippen LogP contribution is -2.35. The first-order valence-corrected chi connectivity index (χ1v) is 6.19. The molecular formula is C12H24N2O3. The summed E-state index contributed by atoms with van der Waals surface area (Å²) in [4.78, 5) is 22.3. The van der Waals surface area contributed by atoms with Crippen LogP contribution in [0.3, 0.4) is 0 Å². The summed E-state index contributed by atoms with van der Waals surface area (Å²) in [6.07, 6.45) is 1.28. The fourth-order valence-corrected chi connectivity index (χ4v) is 1.19. The number of carbonyl (C=O) groups is 2. The van der Waals surface area contributed by atoms with Gasteiger partial charge in [0.15, 0.2) is 0 Å². The molecule has 0 spiro atoms. The number of ether oxygens (including phenoxy) is 1. The van der Waals surface area contributed by atoms with Crippen LogP contribution in [-0.4, -0.2) is 38.1 Å². The van der Waals surface area contributed by atoms with Crippen molar-refractivity contribution in [3.05, 3.63) is 0 Å². The van der Waals surface area contributed by atoms with Crippen molar-refractivity contribution in [2.75, 3.05) is 26.2 Å². The first-order valence-electron chi connectivity index (χ1n) is 6.19. The Labute approximate surface area is 103 Å². The van der Waals surface area contributed by atoms with Gasteiger partial charge in [0.2, 0.25) is 5.91 Å². The maximum absolute atomic E-state index is 11.3. The Kier molecular flexibility index (Phi) is 9.43. The summed E-state index contributed by atoms with van der Waals surface area (Å²) in [6, 6.07) is 0. The summed E-state index contributed by atoms with van der Waals surface area (Å²) in [7, 11) is 0. The molecule has 0 saturated heterocycles. The van der Waals surface area contributed by atoms with Gasteiger partial charge in [0.05, 0.1) is 19.6 Å². The molecule has 0 bridgehead atoms. The second-order valence-corrected chi connectivity index (χ2v) is 4.26. The van der Waals surface area contributed by atoms with Gasteiger partial charge in [-0.05, 0) is 19.3 Å². The quantitative estimate of drug-likeness (QED) is 0.462. The van der Waals surface area contributed by atoms with E-state index < -0.39 is 0 Å². The van der Waals surface area contributed by atoms with Gasteiger partial charge in [-0.15, -0.1) is 0 Å². The average Bonchev–Trinajstić information content (AvgIpc) is 2.24. The number of hydrogen-bond acceptors (Lipinski definition) is 4. The van der Waals surface area contributed by atoms with Crippen molar-refractivity contribution < 1.29 is 14.3 Å². The molecule has 0 radical (unpaired) electrons. The fraction of sp³-hybridized carbons (Fsp3) is 0.833. The maximum Gasteiger partial charge on any atom is 0.307 e. The Balaban J connectivity index is 3.36. The molecule has 0 saturated carbocycles. The Bertz CT molecular complexity index is 230. The summed E-state index contributed by atoms with van der Waals surface area (Å²) in [6.45, 7) is 7.82. The molecule has 0 unspecified atom stereocenters. The molecule has 5 nitrogen and oxygen atoms in total. The standard InChI is InChI=1S/C12H24N2O3/c1-4-17-12(16)6-7-13-9-11(15)14-8-5-10(2)3/h10,13H,4-9H2,1-3H3,(H,14,15). The van der Waals surface area contributed by atoms with Crippen LogP contribution in [0.1, 0.15) is 33.6 Å². The minimum Gasteiger partial charge on any atom is -0.466 e. The number of nitrogens with one attached hydrogen (secondary N) is 2. The van der Waals surface area contributed by atoms with Crippen molar-refractivity contribution >= 4 is 11.9 Å². The minimum atomic E-state index is -0.236. The molecule has 5 heteroatoms. The lowest BCUT2D eigenvalue weighted by atomic mass is 10.1. The zero-order valence-electron chi connectivity index (χ0n) is 11.0. The highest BCUT2D eigenvalue weighted by Gasteiger charge is 2.03. The molecule has 0 aliphatic heterocycles. The van der Waals surface area contributed by atoms with Crippen molar-refractivity contribution in [2.24, 2.45) is 5.92 Å². The number of rotatable bonds is 9. The molecule has 0 heterocycles. The van der Waals surface area contributed by atoms with Gasteiger partial charge in [-0.1, -0.05) is 13.8 Å². The second-order valence-electron chi connectivity index (χ2n) is 4.26. The Morgan fingerprint density at radius 3 is 2.53 bits per heavy atom. The zero-order valence-corrected chi connectivity index (χ0v) is 11.0. The van der Waals surface area contributed by atoms with Gasteiger partial charge in [-0.2, -0.15) is 0 Å². The molecule has 0 aromatic carbocycles. The lowest BCUT2D eigenvalue weighted by Gasteiger charge is -2.08. The summed E-state index contributed by atoms with van der Waals surface area (Å²) >= 11 is 0. The third-order valence-corrected chi connectivity index (χ3v) is 2.14. The van der Waals surface area contributed by atoms with Gasteiger partial charge in [-0.25, -0.2) is 0 Å². The van der Waals surface area contributed by atoms with E-state index in [2.05, 4.69) is 24.5 Å². The number of hydrogen-bond donors (Lipinski definition) is 2. The van der Waals surface area contributed by atoms with Crippen molar-refractivity contribution in [2.45, 2.75) is 33.6 Å². The van der Waals surface area contributed by atoms with Crippen LogP contribution in [0.15, 0.2) is 0 Å². The van der Waals surface area contributed by atoms with Crippen LogP contribution in [0, 0.1) is 5.92 Å². The predicted octanol–water partition coefficient (Wildman–Crippen LogP) is 0.691. The van der Waals surface area contributed by atoms with E-state index >= 15 is 0 Å². The van der Waals surface area contributed by atoms with Crippen LogP contribution in [-0.2, 0) is 14.3 Å². The monoisotopic (exact) mass is 244 g/mol. The van der Waals surface area contributed by atoms with E-state index in [1.165, 1.54) is 0 Å². The van der Waals surface area contributed by atoms with Crippen molar-refractivity contribution in [1.82, 2.24) is 10.6 Å². The van der Waals surface area contributed by atoms with Gasteiger partial charge in [0.25, 0.3) is 0 Å². The van der Waals surface area contributed by atoms with E-state index in [1.807, 2.05) is 0 Å². The summed E-state index contributed by atoms with van der Waals surface area (Å²) in [5, 5.41) is 5.71. The first kappa shape index (κ1) is 15.9. The normalized spacial score (nSPS) is 10.4. The number of esters is 1. The second kappa shape index (κ2) is 10.1. The molecule has 0 aromatic rings. The third kappa shape index (κ3) is 11.2. The van der Waals surface area contributed by atoms with Gasteiger partial charge < -0.3 is 15.4 Å². The smallest absolute Gasteiger partial charge is 0.307 e. The molecule has 0 aliphatic carbocycles. The highest BCUT2D eigenvalue weighted by Crippen LogP contribution is 1.95. The number of amides is 1. The highest BCUT2D eigenvalue weighted by molar-refractivity contribution is 5.78. The fourth-order valence-electron chi connectivity index (χ4n) is 1.19. The number of carbonyl (C=O) groups excluding carboxylic acids is 2. The molecule has 17 heavy (non-hydrogen) atoms. The molecule has 100 valence electrons. The molecule has 0 aliphatic rings. The van der Waals surface area contributed by atoms with Crippen LogP contribution in [0.2, 0.25) is 0 Å². The Morgan fingerprint density at radius 2 is 1.94 bits per heavy atom. The zero-order chi connectivity index (χ0) is 13.1. The van der Waals surface area contributed by atoms with Crippen LogP contribution in [0.25, 0.3) is 0 Å². The van der Waals surface area contributed by atoms with Crippen LogP contribution in [0.5, 0.6) is 0 Å². The van der Waals surface area contributed by atoms with Gasteiger partial charge >= 0.3 is 5.97 Å². The van der Waals surface area contributed by atoms with Gasteiger partial charge in [-0.3, -0.25) is 9.59 Å². The summed E-state index contributed by atoms with van der Waals surface area (Å²) in [5.74, 6) is 0.321. The first-order chi connectivity index (χ1) is 8.06. The summed E-state index contributed by atoms with van der Waals surface area (Å²) in [5.41, 5.74) is 0. The molecule has 1 amide bonds. The molecule has 0 atom stereocenters. The van der Waals surface area contributed by atoms with Crippen molar-refractivity contribution in [3.8, 4) is 0 Å². The van der Waals surface area contributed by atoms with Crippen LogP contribution < -0.4 is 10.6 Å². The minimum absolute atomic E-state index is 0.0329. The predicted molar refractivity (Wildman–Crippen MR) is 66.6 cm³/mol. The molecule has 2 N–H and O–H groups in total. The summed E-state index contributed by atoms with van der Waals surface area (Å²) < 4.78 is 4.76. The van der Waals surface area contributed by atoms with Crippen molar-refractivity contribution in [1.29, 1.82) is 0 Å². The lowest BCUT2D eigenvalue weighted by molar-refractivity contribution is -0.143. The van der Waals surface area contributed by atoms with E-state index in [0.717, 1.165) is 6.42 Å². The Morgan fingerprint density at radius 1 is 1.24 bits per heavy atom. The molecule has 0 fully saturated rings. The van der Waals surface area contributed by atoms with Crippen molar-refractivity contribution in [3.63, 3.8) is 0 Å². The van der Waals surface area contributed by atoms with E-state index in [-0.39, 0.29) is 18.4 Å². The average molecular weight is 244 g/mol. The SMILES string of the molecule is CCOC(=O)CCNCC(=O)NCCC(C)C. The van der Waals surface area contributed by atoms with Crippen LogP contribution >= 0.6 is 0 Å². The van der Waals surface area contributed by atoms with E-state index in [4.69, 9.17) is 4.74 Å². The topological polar surface area (TPSA) is 67.4 Å². The van der Waals surface area contributed by atoms with Gasteiger partial charge in [0.1, 0.15) is 0 Å². The van der Waals surface area contributed by atoms with E-state index in [0.29, 0.717) is 32.0 Å². The highest BCUT2D eigenvalue weighted by atomic mass is 16.5. The van der Waals surface area contributed by atoms with Gasteiger partial charge in [0, 0.05) is 13.1 Å². The molecule has 0 aromatic heterocycles.